The average Bonchev–Trinajstić information content (AvgIpc) is 3.08. The van der Waals surface area contributed by atoms with Crippen LogP contribution in [0.1, 0.15) is 0 Å². The van der Waals surface area contributed by atoms with Gasteiger partial charge in [-0.3, -0.25) is 0 Å². The quantitative estimate of drug-likeness (QED) is 0.211. The van der Waals surface area contributed by atoms with Crippen LogP contribution in [0.5, 0.6) is 0 Å². The van der Waals surface area contributed by atoms with Gasteiger partial charge in [-0.25, -0.2) is 15.0 Å². The molecule has 2 aromatic heterocycles. The molecule has 0 radical (unpaired) electrons. The number of hydrogen-bond acceptors (Lipinski definition) is 3. The Balaban J connectivity index is 1.29. The second kappa shape index (κ2) is 10.1. The highest BCUT2D eigenvalue weighted by molar-refractivity contribution is 6.08. The van der Waals surface area contributed by atoms with Crippen LogP contribution in [0.3, 0.4) is 0 Å². The molecule has 0 amide bonds. The molecule has 0 unspecified atom stereocenters. The summed E-state index contributed by atoms with van der Waals surface area (Å²) in [6.45, 7) is 0. The molecule has 3 heteroatoms. The molecule has 42 heavy (non-hydrogen) atoms. The van der Waals surface area contributed by atoms with Gasteiger partial charge in [-0.05, 0) is 34.0 Å². The van der Waals surface area contributed by atoms with E-state index in [0.717, 1.165) is 49.9 Å². The van der Waals surface area contributed by atoms with E-state index in [1.54, 1.807) is 0 Å². The van der Waals surface area contributed by atoms with E-state index in [4.69, 9.17) is 15.0 Å². The van der Waals surface area contributed by atoms with Crippen LogP contribution < -0.4 is 0 Å². The monoisotopic (exact) mass is 535 g/mol. The Kier molecular flexibility index (Phi) is 5.79. The number of hydrogen-bond donors (Lipinski definition) is 0. The summed E-state index contributed by atoms with van der Waals surface area (Å²) in [5.41, 5.74) is 9.09. The van der Waals surface area contributed by atoms with E-state index < -0.39 is 0 Å². The van der Waals surface area contributed by atoms with Gasteiger partial charge >= 0.3 is 0 Å². The molecule has 6 aromatic carbocycles. The predicted molar refractivity (Wildman–Crippen MR) is 174 cm³/mol. The molecule has 0 aliphatic rings. The highest BCUT2D eigenvalue weighted by Crippen LogP contribution is 2.34. The molecule has 0 saturated carbocycles. The molecule has 0 aliphatic heterocycles. The van der Waals surface area contributed by atoms with Gasteiger partial charge in [-0.2, -0.15) is 0 Å². The number of aromatic nitrogens is 3. The maximum absolute atomic E-state index is 5.21. The van der Waals surface area contributed by atoms with E-state index in [-0.39, 0.29) is 0 Å². The lowest BCUT2D eigenvalue weighted by Crippen LogP contribution is -1.97. The molecule has 0 atom stereocenters. The van der Waals surface area contributed by atoms with Crippen LogP contribution in [0.2, 0.25) is 0 Å². The minimum atomic E-state index is 0.695. The van der Waals surface area contributed by atoms with Crippen LogP contribution in [0.4, 0.5) is 0 Å². The van der Waals surface area contributed by atoms with Crippen LogP contribution in [0.15, 0.2) is 152 Å². The highest BCUT2D eigenvalue weighted by Gasteiger charge is 2.15. The van der Waals surface area contributed by atoms with Gasteiger partial charge in [0, 0.05) is 27.5 Å². The summed E-state index contributed by atoms with van der Waals surface area (Å²) in [6.07, 6.45) is 0. The lowest BCUT2D eigenvalue weighted by molar-refractivity contribution is 1.23. The van der Waals surface area contributed by atoms with Crippen molar-refractivity contribution in [1.82, 2.24) is 15.0 Å². The molecule has 8 rings (SSSR count). The second-order valence-electron chi connectivity index (χ2n) is 10.5. The Morgan fingerprint density at radius 3 is 1.81 bits per heavy atom. The summed E-state index contributed by atoms with van der Waals surface area (Å²) in [5.74, 6) is 0.695. The largest absolute Gasteiger partial charge is 0.245 e. The van der Waals surface area contributed by atoms with E-state index in [1.807, 2.05) is 36.4 Å². The molecule has 3 nitrogen and oxygen atoms in total. The minimum Gasteiger partial charge on any atom is -0.245 e. The van der Waals surface area contributed by atoms with Crippen molar-refractivity contribution >= 4 is 32.6 Å². The van der Waals surface area contributed by atoms with Gasteiger partial charge in [-0.15, -0.1) is 0 Å². The molecule has 0 aliphatic carbocycles. The topological polar surface area (TPSA) is 38.7 Å². The maximum Gasteiger partial charge on any atom is 0.160 e. The Bertz CT molecular complexity index is 2220. The second-order valence-corrected chi connectivity index (χ2v) is 10.5. The van der Waals surface area contributed by atoms with Crippen LogP contribution in [-0.4, -0.2) is 15.0 Å². The van der Waals surface area contributed by atoms with Crippen molar-refractivity contribution in [2.24, 2.45) is 0 Å². The zero-order valence-electron chi connectivity index (χ0n) is 22.8. The van der Waals surface area contributed by atoms with Gasteiger partial charge in [0.25, 0.3) is 0 Å². The lowest BCUT2D eigenvalue weighted by atomic mass is 9.97. The molecule has 0 N–H and O–H groups in total. The summed E-state index contributed by atoms with van der Waals surface area (Å²) >= 11 is 0. The van der Waals surface area contributed by atoms with E-state index >= 15 is 0 Å². The van der Waals surface area contributed by atoms with E-state index in [2.05, 4.69) is 115 Å². The zero-order chi connectivity index (χ0) is 27.9. The van der Waals surface area contributed by atoms with Crippen molar-refractivity contribution in [2.45, 2.75) is 0 Å². The Labute approximate surface area is 243 Å². The summed E-state index contributed by atoms with van der Waals surface area (Å²) in [7, 11) is 0. The number of benzene rings is 6. The lowest BCUT2D eigenvalue weighted by Gasteiger charge is -2.12. The Morgan fingerprint density at radius 2 is 1.00 bits per heavy atom. The third kappa shape index (κ3) is 4.20. The summed E-state index contributed by atoms with van der Waals surface area (Å²) in [4.78, 5) is 15.4. The Hall–Kier alpha value is -5.67. The molecule has 0 bridgehead atoms. The van der Waals surface area contributed by atoms with Crippen molar-refractivity contribution < 1.29 is 0 Å². The molecule has 0 fully saturated rings. The molecular formula is C39H25N3. The third-order valence-corrected chi connectivity index (χ3v) is 7.89. The van der Waals surface area contributed by atoms with Crippen molar-refractivity contribution in [3.8, 4) is 45.0 Å². The maximum atomic E-state index is 5.21. The summed E-state index contributed by atoms with van der Waals surface area (Å²) in [5, 5.41) is 4.54. The van der Waals surface area contributed by atoms with Gasteiger partial charge < -0.3 is 0 Å². The molecule has 0 spiro atoms. The zero-order valence-corrected chi connectivity index (χ0v) is 22.8. The first-order valence-electron chi connectivity index (χ1n) is 14.1. The molecule has 2 heterocycles. The van der Waals surface area contributed by atoms with Crippen molar-refractivity contribution in [2.75, 3.05) is 0 Å². The number of rotatable bonds is 4. The number of fused-ring (bicyclic) bond motifs is 4. The van der Waals surface area contributed by atoms with Crippen molar-refractivity contribution in [3.05, 3.63) is 152 Å². The first-order valence-corrected chi connectivity index (χ1v) is 14.1. The highest BCUT2D eigenvalue weighted by atomic mass is 14.9. The first-order chi connectivity index (χ1) is 20.8. The molecular weight excluding hydrogens is 510 g/mol. The van der Waals surface area contributed by atoms with Crippen LogP contribution >= 0.6 is 0 Å². The fraction of sp³-hybridized carbons (Fsp3) is 0. The predicted octanol–water partition coefficient (Wildman–Crippen LogP) is 10.00. The SMILES string of the molecule is c1ccc(-c2nc(-c3ccccc3)c3ccc4ccc(-c5ccc(-c6cccc7ccccc67)cc5)nc4c3n2)cc1. The van der Waals surface area contributed by atoms with Gasteiger partial charge in [0.15, 0.2) is 5.82 Å². The Morgan fingerprint density at radius 1 is 0.333 bits per heavy atom. The first kappa shape index (κ1) is 24.2. The van der Waals surface area contributed by atoms with Gasteiger partial charge in [0.05, 0.1) is 16.9 Å². The third-order valence-electron chi connectivity index (χ3n) is 7.89. The molecule has 8 aromatic rings. The van der Waals surface area contributed by atoms with E-state index in [0.29, 0.717) is 5.82 Å². The average molecular weight is 536 g/mol. The van der Waals surface area contributed by atoms with E-state index in [1.165, 1.54) is 21.9 Å². The molecule has 0 saturated heterocycles. The van der Waals surface area contributed by atoms with Crippen LogP contribution in [0, 0.1) is 0 Å². The number of nitrogens with zero attached hydrogens (tertiary/aromatic N) is 3. The van der Waals surface area contributed by atoms with Crippen molar-refractivity contribution in [3.63, 3.8) is 0 Å². The summed E-state index contributed by atoms with van der Waals surface area (Å²) < 4.78 is 0. The fourth-order valence-corrected chi connectivity index (χ4v) is 5.77. The summed E-state index contributed by atoms with van der Waals surface area (Å²) in [6, 6.07) is 52.7. The van der Waals surface area contributed by atoms with Gasteiger partial charge in [0.1, 0.15) is 5.52 Å². The van der Waals surface area contributed by atoms with Gasteiger partial charge in [-0.1, -0.05) is 140 Å². The minimum absolute atomic E-state index is 0.695. The van der Waals surface area contributed by atoms with Crippen molar-refractivity contribution in [1.29, 1.82) is 0 Å². The smallest absolute Gasteiger partial charge is 0.160 e. The van der Waals surface area contributed by atoms with Gasteiger partial charge in [0.2, 0.25) is 0 Å². The standard InChI is InChI=1S/C39H25N3/c1-3-11-29(12-4-1)36-34-24-22-30-23-25-35(40-37(30)38(34)42-39(41-36)31-13-5-2-6-14-31)28-20-18-27(19-21-28)33-17-9-15-26-10-7-8-16-32(26)33/h1-25H. The van der Waals surface area contributed by atoms with Crippen LogP contribution in [0.25, 0.3) is 77.6 Å². The normalized spacial score (nSPS) is 11.3. The fourth-order valence-electron chi connectivity index (χ4n) is 5.77. The van der Waals surface area contributed by atoms with E-state index in [9.17, 15) is 0 Å². The molecule has 196 valence electrons. The number of pyridine rings is 1. The van der Waals surface area contributed by atoms with Crippen LogP contribution in [-0.2, 0) is 0 Å².